The summed E-state index contributed by atoms with van der Waals surface area (Å²) in [7, 11) is -3.52. The molecule has 0 spiro atoms. The Labute approximate surface area is 136 Å². The Kier molecular flexibility index (Phi) is 5.45. The highest BCUT2D eigenvalue weighted by atomic mass is 35.5. The molecule has 0 aliphatic rings. The predicted molar refractivity (Wildman–Crippen MR) is 88.1 cm³/mol. The monoisotopic (exact) mass is 339 g/mol. The zero-order chi connectivity index (χ0) is 16.2. The third kappa shape index (κ3) is 4.47. The van der Waals surface area contributed by atoms with E-state index >= 15 is 0 Å². The Morgan fingerprint density at radius 3 is 2.55 bits per heavy atom. The van der Waals surface area contributed by atoms with Gasteiger partial charge in [-0.2, -0.15) is 0 Å². The van der Waals surface area contributed by atoms with Crippen molar-refractivity contribution in [2.45, 2.75) is 18.7 Å². The lowest BCUT2D eigenvalue weighted by molar-refractivity contribution is 0.323. The van der Waals surface area contributed by atoms with Crippen molar-refractivity contribution in [3.05, 3.63) is 58.6 Å². The molecule has 2 aromatic carbocycles. The Morgan fingerprint density at radius 1 is 1.09 bits per heavy atom. The van der Waals surface area contributed by atoms with Crippen molar-refractivity contribution in [1.82, 2.24) is 4.72 Å². The van der Waals surface area contributed by atoms with E-state index in [1.165, 1.54) is 0 Å². The first-order valence-electron chi connectivity index (χ1n) is 6.84. The van der Waals surface area contributed by atoms with Gasteiger partial charge in [-0.1, -0.05) is 23.7 Å². The summed E-state index contributed by atoms with van der Waals surface area (Å²) >= 11 is 5.85. The Hall–Kier alpha value is -1.56. The van der Waals surface area contributed by atoms with Gasteiger partial charge in [0.2, 0.25) is 10.0 Å². The number of ether oxygens (including phenoxy) is 1. The molecule has 0 unspecified atom stereocenters. The summed E-state index contributed by atoms with van der Waals surface area (Å²) < 4.78 is 32.3. The van der Waals surface area contributed by atoms with Gasteiger partial charge in [0, 0.05) is 11.6 Å². The summed E-state index contributed by atoms with van der Waals surface area (Å²) in [5.74, 6) is 0.609. The van der Waals surface area contributed by atoms with Crippen molar-refractivity contribution >= 4 is 21.6 Å². The quantitative estimate of drug-likeness (QED) is 0.821. The molecule has 0 saturated carbocycles. The molecule has 6 heteroatoms. The zero-order valence-electron chi connectivity index (χ0n) is 12.5. The second kappa shape index (κ2) is 7.13. The second-order valence-electron chi connectivity index (χ2n) is 4.95. The maximum atomic E-state index is 12.2. The lowest BCUT2D eigenvalue weighted by Crippen LogP contribution is -2.28. The molecule has 22 heavy (non-hydrogen) atoms. The third-order valence-corrected chi connectivity index (χ3v) is 4.94. The van der Waals surface area contributed by atoms with Crippen LogP contribution >= 0.6 is 11.6 Å². The Bertz CT molecular complexity index is 760. The van der Waals surface area contributed by atoms with Crippen LogP contribution in [-0.2, 0) is 10.0 Å². The molecule has 0 aliphatic carbocycles. The van der Waals surface area contributed by atoms with Crippen LogP contribution in [0.1, 0.15) is 11.1 Å². The van der Waals surface area contributed by atoms with E-state index in [9.17, 15) is 8.42 Å². The predicted octanol–water partition coefficient (Wildman–Crippen LogP) is 3.31. The van der Waals surface area contributed by atoms with Crippen LogP contribution < -0.4 is 9.46 Å². The number of nitrogens with one attached hydrogen (secondary N) is 1. The fourth-order valence-corrected chi connectivity index (χ4v) is 3.14. The molecule has 0 heterocycles. The molecule has 0 bridgehead atoms. The van der Waals surface area contributed by atoms with Crippen LogP contribution in [-0.4, -0.2) is 21.6 Å². The van der Waals surface area contributed by atoms with Gasteiger partial charge in [-0.25, -0.2) is 13.1 Å². The third-order valence-electron chi connectivity index (χ3n) is 3.25. The number of aryl methyl sites for hydroxylation is 2. The van der Waals surface area contributed by atoms with Gasteiger partial charge in [0.15, 0.2) is 0 Å². The molecular formula is C16H18ClNO3S. The summed E-state index contributed by atoms with van der Waals surface area (Å²) in [6, 6.07) is 12.0. The van der Waals surface area contributed by atoms with Gasteiger partial charge < -0.3 is 4.74 Å². The zero-order valence-corrected chi connectivity index (χ0v) is 14.0. The molecule has 2 aromatic rings. The van der Waals surface area contributed by atoms with Crippen molar-refractivity contribution in [2.75, 3.05) is 13.2 Å². The minimum atomic E-state index is -3.52. The van der Waals surface area contributed by atoms with E-state index in [1.54, 1.807) is 42.5 Å². The van der Waals surface area contributed by atoms with Crippen LogP contribution in [0.2, 0.25) is 5.02 Å². The first-order valence-corrected chi connectivity index (χ1v) is 8.70. The van der Waals surface area contributed by atoms with Crippen LogP contribution in [0.5, 0.6) is 5.75 Å². The first-order chi connectivity index (χ1) is 10.4. The van der Waals surface area contributed by atoms with Crippen LogP contribution in [0.25, 0.3) is 0 Å². The molecule has 2 rings (SSSR count). The molecule has 0 saturated heterocycles. The van der Waals surface area contributed by atoms with Gasteiger partial charge in [0.05, 0.1) is 4.90 Å². The largest absolute Gasteiger partial charge is 0.492 e. The number of rotatable bonds is 6. The lowest BCUT2D eigenvalue weighted by Gasteiger charge is -2.10. The van der Waals surface area contributed by atoms with Gasteiger partial charge in [0.25, 0.3) is 0 Å². The number of hydrogen-bond acceptors (Lipinski definition) is 3. The van der Waals surface area contributed by atoms with E-state index in [-0.39, 0.29) is 18.0 Å². The van der Waals surface area contributed by atoms with E-state index in [1.807, 2.05) is 13.8 Å². The fourth-order valence-electron chi connectivity index (χ4n) is 1.87. The van der Waals surface area contributed by atoms with Crippen LogP contribution in [0.4, 0.5) is 0 Å². The topological polar surface area (TPSA) is 55.4 Å². The molecule has 0 aliphatic heterocycles. The second-order valence-corrected chi connectivity index (χ2v) is 7.15. The fraction of sp³-hybridized carbons (Fsp3) is 0.250. The molecule has 0 atom stereocenters. The summed E-state index contributed by atoms with van der Waals surface area (Å²) in [6.45, 7) is 4.24. The SMILES string of the molecule is Cc1ccc(S(=O)(=O)NCCOc2cccc(Cl)c2)cc1C. The number of sulfonamides is 1. The van der Waals surface area contributed by atoms with E-state index < -0.39 is 10.0 Å². The molecule has 118 valence electrons. The van der Waals surface area contributed by atoms with E-state index in [0.29, 0.717) is 10.8 Å². The van der Waals surface area contributed by atoms with Crippen molar-refractivity contribution in [1.29, 1.82) is 0 Å². The Morgan fingerprint density at radius 2 is 1.86 bits per heavy atom. The summed E-state index contributed by atoms with van der Waals surface area (Å²) in [6.07, 6.45) is 0. The molecule has 0 radical (unpaired) electrons. The highest BCUT2D eigenvalue weighted by molar-refractivity contribution is 7.89. The molecule has 0 aromatic heterocycles. The highest BCUT2D eigenvalue weighted by Gasteiger charge is 2.13. The van der Waals surface area contributed by atoms with Crippen molar-refractivity contribution in [3.63, 3.8) is 0 Å². The van der Waals surface area contributed by atoms with Crippen molar-refractivity contribution in [3.8, 4) is 5.75 Å². The van der Waals surface area contributed by atoms with Crippen LogP contribution in [0.3, 0.4) is 0 Å². The van der Waals surface area contributed by atoms with Gasteiger partial charge >= 0.3 is 0 Å². The highest BCUT2D eigenvalue weighted by Crippen LogP contribution is 2.17. The lowest BCUT2D eigenvalue weighted by atomic mass is 10.1. The number of hydrogen-bond donors (Lipinski definition) is 1. The van der Waals surface area contributed by atoms with E-state index in [4.69, 9.17) is 16.3 Å². The summed E-state index contributed by atoms with van der Waals surface area (Å²) in [5.41, 5.74) is 2.00. The Balaban J connectivity index is 1.91. The first kappa shape index (κ1) is 16.8. The average molecular weight is 340 g/mol. The molecule has 4 nitrogen and oxygen atoms in total. The van der Waals surface area contributed by atoms with Gasteiger partial charge in [-0.3, -0.25) is 0 Å². The van der Waals surface area contributed by atoms with E-state index in [0.717, 1.165) is 11.1 Å². The molecule has 0 amide bonds. The smallest absolute Gasteiger partial charge is 0.240 e. The van der Waals surface area contributed by atoms with Gasteiger partial charge in [-0.05, 0) is 55.3 Å². The minimum absolute atomic E-state index is 0.182. The number of halogens is 1. The number of benzene rings is 2. The van der Waals surface area contributed by atoms with Gasteiger partial charge in [-0.15, -0.1) is 0 Å². The van der Waals surface area contributed by atoms with Crippen LogP contribution in [0, 0.1) is 13.8 Å². The van der Waals surface area contributed by atoms with E-state index in [2.05, 4.69) is 4.72 Å². The van der Waals surface area contributed by atoms with Gasteiger partial charge in [0.1, 0.15) is 12.4 Å². The maximum Gasteiger partial charge on any atom is 0.240 e. The van der Waals surface area contributed by atoms with Crippen molar-refractivity contribution in [2.24, 2.45) is 0 Å². The summed E-state index contributed by atoms with van der Waals surface area (Å²) in [5, 5.41) is 0.577. The van der Waals surface area contributed by atoms with Crippen molar-refractivity contribution < 1.29 is 13.2 Å². The summed E-state index contributed by atoms with van der Waals surface area (Å²) in [4.78, 5) is 0.262. The van der Waals surface area contributed by atoms with Crippen LogP contribution in [0.15, 0.2) is 47.4 Å². The standard InChI is InChI=1S/C16H18ClNO3S/c1-12-6-7-16(10-13(12)2)22(19,20)18-8-9-21-15-5-3-4-14(17)11-15/h3-7,10-11,18H,8-9H2,1-2H3. The molecule has 1 N–H and O–H groups in total. The minimum Gasteiger partial charge on any atom is -0.492 e. The maximum absolute atomic E-state index is 12.2. The normalized spacial score (nSPS) is 11.4. The average Bonchev–Trinajstić information content (AvgIpc) is 2.46. The molecular weight excluding hydrogens is 322 g/mol. The molecule has 0 fully saturated rings.